The van der Waals surface area contributed by atoms with Crippen LogP contribution in [0, 0.1) is 5.92 Å². The van der Waals surface area contributed by atoms with Crippen LogP contribution in [0.1, 0.15) is 33.3 Å². The summed E-state index contributed by atoms with van der Waals surface area (Å²) in [5.74, 6) is -0.579. The maximum Gasteiger partial charge on any atom is 0.326 e. The Hall–Kier alpha value is -2.24. The van der Waals surface area contributed by atoms with Crippen LogP contribution in [0.15, 0.2) is 18.2 Å². The first-order valence-corrected chi connectivity index (χ1v) is 7.65. The van der Waals surface area contributed by atoms with Crippen LogP contribution in [0.4, 0.5) is 0 Å². The Bertz CT molecular complexity index is 609. The molecule has 23 heavy (non-hydrogen) atoms. The number of fused-ring (bicyclic) bond motifs is 1. The number of benzene rings is 1. The van der Waals surface area contributed by atoms with Gasteiger partial charge < -0.3 is 19.9 Å². The minimum absolute atomic E-state index is 0.207. The second-order valence-corrected chi connectivity index (χ2v) is 6.70. The highest BCUT2D eigenvalue weighted by molar-refractivity contribution is 5.84. The van der Waals surface area contributed by atoms with Crippen LogP contribution in [0.5, 0.6) is 11.5 Å². The number of nitrogens with one attached hydrogen (secondary N) is 1. The molecule has 1 amide bonds. The van der Waals surface area contributed by atoms with Crippen LogP contribution in [-0.2, 0) is 16.0 Å². The number of aliphatic carboxylic acids is 1. The Morgan fingerprint density at radius 1 is 1.39 bits per heavy atom. The van der Waals surface area contributed by atoms with Crippen LogP contribution in [0.2, 0.25) is 0 Å². The molecule has 0 fully saturated rings. The van der Waals surface area contributed by atoms with Crippen molar-refractivity contribution in [2.75, 3.05) is 6.61 Å². The van der Waals surface area contributed by atoms with Crippen molar-refractivity contribution >= 4 is 11.9 Å². The highest BCUT2D eigenvalue weighted by Crippen LogP contribution is 2.41. The van der Waals surface area contributed by atoms with Gasteiger partial charge in [-0.25, -0.2) is 4.79 Å². The Balaban J connectivity index is 1.99. The van der Waals surface area contributed by atoms with Gasteiger partial charge >= 0.3 is 5.97 Å². The highest BCUT2D eigenvalue weighted by atomic mass is 16.5. The van der Waals surface area contributed by atoms with Gasteiger partial charge in [-0.15, -0.1) is 0 Å². The molecule has 2 N–H and O–H groups in total. The molecule has 1 aliphatic rings. The van der Waals surface area contributed by atoms with Gasteiger partial charge in [-0.1, -0.05) is 26.0 Å². The number of ether oxygens (including phenoxy) is 2. The third-order valence-corrected chi connectivity index (χ3v) is 3.66. The molecular weight excluding hydrogens is 298 g/mol. The van der Waals surface area contributed by atoms with E-state index in [1.54, 1.807) is 19.9 Å². The minimum atomic E-state index is -1.06. The van der Waals surface area contributed by atoms with Crippen molar-refractivity contribution in [3.63, 3.8) is 0 Å². The summed E-state index contributed by atoms with van der Waals surface area (Å²) in [6, 6.07) is 4.63. The van der Waals surface area contributed by atoms with Gasteiger partial charge in [-0.2, -0.15) is 0 Å². The molecule has 0 radical (unpaired) electrons. The normalized spacial score (nSPS) is 16.4. The molecule has 1 atom stereocenters. The Morgan fingerprint density at radius 3 is 2.70 bits per heavy atom. The fourth-order valence-corrected chi connectivity index (χ4v) is 2.57. The number of rotatable bonds is 6. The summed E-state index contributed by atoms with van der Waals surface area (Å²) in [6.45, 7) is 7.20. The zero-order valence-electron chi connectivity index (χ0n) is 13.9. The second-order valence-electron chi connectivity index (χ2n) is 6.70. The summed E-state index contributed by atoms with van der Waals surface area (Å²) in [5.41, 5.74) is 0.745. The molecule has 1 aliphatic heterocycles. The van der Waals surface area contributed by atoms with Gasteiger partial charge in [-0.05, 0) is 25.8 Å². The lowest BCUT2D eigenvalue weighted by atomic mass is 10.0. The monoisotopic (exact) mass is 321 g/mol. The fourth-order valence-electron chi connectivity index (χ4n) is 2.57. The van der Waals surface area contributed by atoms with Gasteiger partial charge in [0.1, 0.15) is 11.6 Å². The summed E-state index contributed by atoms with van der Waals surface area (Å²) in [6.07, 6.45) is 0.778. The molecule has 1 aromatic rings. The van der Waals surface area contributed by atoms with E-state index in [2.05, 4.69) is 5.32 Å². The zero-order chi connectivity index (χ0) is 17.2. The van der Waals surface area contributed by atoms with E-state index in [-0.39, 0.29) is 18.1 Å². The number of para-hydroxylation sites is 1. The number of amides is 1. The molecule has 2 rings (SSSR count). The van der Waals surface area contributed by atoms with Crippen LogP contribution in [0.3, 0.4) is 0 Å². The van der Waals surface area contributed by atoms with Crippen molar-refractivity contribution in [2.24, 2.45) is 5.92 Å². The molecule has 126 valence electrons. The quantitative estimate of drug-likeness (QED) is 0.837. The van der Waals surface area contributed by atoms with Crippen molar-refractivity contribution in [1.29, 1.82) is 0 Å². The summed E-state index contributed by atoms with van der Waals surface area (Å²) in [4.78, 5) is 23.0. The van der Waals surface area contributed by atoms with Crippen molar-refractivity contribution < 1.29 is 24.2 Å². The van der Waals surface area contributed by atoms with Gasteiger partial charge in [0.15, 0.2) is 18.1 Å². The van der Waals surface area contributed by atoms with Crippen LogP contribution >= 0.6 is 0 Å². The molecule has 0 saturated carbocycles. The third kappa shape index (κ3) is 4.15. The Labute approximate surface area is 135 Å². The lowest BCUT2D eigenvalue weighted by Gasteiger charge is -2.19. The standard InChI is InChI=1S/C17H23NO5/c1-10(2)14(16(20)21)18-13(19)9-22-12-7-5-6-11-8-17(3,4)23-15(11)12/h5-7,10,14H,8-9H2,1-4H3,(H,18,19)(H,20,21). The summed E-state index contributed by atoms with van der Waals surface area (Å²) < 4.78 is 11.4. The van der Waals surface area contributed by atoms with E-state index >= 15 is 0 Å². The number of carbonyl (C=O) groups excluding carboxylic acids is 1. The van der Waals surface area contributed by atoms with E-state index in [1.165, 1.54) is 0 Å². The van der Waals surface area contributed by atoms with E-state index in [9.17, 15) is 9.59 Å². The highest BCUT2D eigenvalue weighted by Gasteiger charge is 2.32. The lowest BCUT2D eigenvalue weighted by molar-refractivity contribution is -0.143. The maximum absolute atomic E-state index is 11.9. The number of carboxylic acids is 1. The molecule has 6 heteroatoms. The Kier molecular flexibility index (Phi) is 4.82. The first-order valence-electron chi connectivity index (χ1n) is 7.65. The smallest absolute Gasteiger partial charge is 0.326 e. The molecule has 0 spiro atoms. The first kappa shape index (κ1) is 17.1. The fraction of sp³-hybridized carbons (Fsp3) is 0.529. The van der Waals surface area contributed by atoms with Crippen LogP contribution < -0.4 is 14.8 Å². The SMILES string of the molecule is CC(C)C(NC(=O)COc1cccc2c1OC(C)(C)C2)C(=O)O. The van der Waals surface area contributed by atoms with Gasteiger partial charge in [-0.3, -0.25) is 4.79 Å². The maximum atomic E-state index is 11.9. The number of hydrogen-bond donors (Lipinski definition) is 2. The summed E-state index contributed by atoms with van der Waals surface area (Å²) >= 11 is 0. The molecule has 0 aliphatic carbocycles. The average Bonchev–Trinajstić information content (AvgIpc) is 2.76. The first-order chi connectivity index (χ1) is 10.7. The molecular formula is C17H23NO5. The van der Waals surface area contributed by atoms with Gasteiger partial charge in [0.2, 0.25) is 0 Å². The van der Waals surface area contributed by atoms with Gasteiger partial charge in [0.25, 0.3) is 5.91 Å². The minimum Gasteiger partial charge on any atom is -0.483 e. The van der Waals surface area contributed by atoms with Crippen molar-refractivity contribution in [2.45, 2.75) is 45.8 Å². The molecule has 1 heterocycles. The van der Waals surface area contributed by atoms with Crippen LogP contribution in [0.25, 0.3) is 0 Å². The molecule has 0 aromatic heterocycles. The second kappa shape index (κ2) is 6.48. The molecule has 1 aromatic carbocycles. The van der Waals surface area contributed by atoms with Crippen molar-refractivity contribution in [3.8, 4) is 11.5 Å². The Morgan fingerprint density at radius 2 is 2.09 bits per heavy atom. The van der Waals surface area contributed by atoms with Crippen molar-refractivity contribution in [1.82, 2.24) is 5.32 Å². The molecule has 1 unspecified atom stereocenters. The van der Waals surface area contributed by atoms with Crippen molar-refractivity contribution in [3.05, 3.63) is 23.8 Å². The number of carboxylic acid groups (broad SMARTS) is 1. The van der Waals surface area contributed by atoms with Gasteiger partial charge in [0, 0.05) is 12.0 Å². The summed E-state index contributed by atoms with van der Waals surface area (Å²) in [7, 11) is 0. The molecule has 0 saturated heterocycles. The van der Waals surface area contributed by atoms with Crippen LogP contribution in [-0.4, -0.2) is 35.2 Å². The predicted molar refractivity (Wildman–Crippen MR) is 84.8 cm³/mol. The molecule has 6 nitrogen and oxygen atoms in total. The van der Waals surface area contributed by atoms with E-state index in [0.717, 1.165) is 12.0 Å². The van der Waals surface area contributed by atoms with E-state index in [4.69, 9.17) is 14.6 Å². The van der Waals surface area contributed by atoms with E-state index < -0.39 is 17.9 Å². The predicted octanol–water partition coefficient (Wildman–Crippen LogP) is 2.00. The number of hydrogen-bond acceptors (Lipinski definition) is 4. The largest absolute Gasteiger partial charge is 0.483 e. The zero-order valence-corrected chi connectivity index (χ0v) is 13.9. The topological polar surface area (TPSA) is 84.9 Å². The van der Waals surface area contributed by atoms with E-state index in [0.29, 0.717) is 11.5 Å². The molecule has 0 bridgehead atoms. The third-order valence-electron chi connectivity index (χ3n) is 3.66. The number of carbonyl (C=O) groups is 2. The van der Waals surface area contributed by atoms with Gasteiger partial charge in [0.05, 0.1) is 0 Å². The van der Waals surface area contributed by atoms with E-state index in [1.807, 2.05) is 26.0 Å². The average molecular weight is 321 g/mol. The summed E-state index contributed by atoms with van der Waals surface area (Å²) in [5, 5.41) is 11.6. The lowest BCUT2D eigenvalue weighted by Crippen LogP contribution is -2.46.